The Hall–Kier alpha value is -8.35. The molecule has 0 saturated heterocycles. The number of aliphatic hydroxyl groups excluding tert-OH is 1. The number of aldehydes is 1. The summed E-state index contributed by atoms with van der Waals surface area (Å²) in [6, 6.07) is 35.4. The minimum atomic E-state index is -0.499. The number of nitrogens with zero attached hydrogens (tertiary/aromatic N) is 6. The standard InChI is InChI=1S/C14H11ClN2O2.C14H12N2O3.C9H12O2.C9H10O2.C5H6N2O3/c1-8-13-14(19-17-8)11(15)7-12(16-13)9-4-3-5-10(6-9)18-2;1-9-14-13(19-15-9)7-6-12(16(14)17)10-4-3-5-11(8-10)18-2;2*1-11-9-4-2-3-8(7-9)5-6-10;1-3-5(7(8)9)4(2)10-6-3/h3-7H,1-2H3;3-8H,1-2H3;2-4,7,10H,5-6H2,1H3;2-4,6-7H,5H2,1H3;1-2H3. The van der Waals surface area contributed by atoms with E-state index in [4.69, 9.17) is 44.7 Å². The lowest BCUT2D eigenvalue weighted by Crippen LogP contribution is -2.30. The Morgan fingerprint density at radius 1 is 0.686 bits per heavy atom. The molecule has 70 heavy (non-hydrogen) atoms. The first kappa shape index (κ1) is 52.6. The maximum Gasteiger partial charge on any atom is 0.334 e. The van der Waals surface area contributed by atoms with Crippen LogP contribution in [0.2, 0.25) is 5.02 Å². The van der Waals surface area contributed by atoms with E-state index in [2.05, 4.69) is 25.0 Å². The number of pyridine rings is 2. The predicted octanol–water partition coefficient (Wildman–Crippen LogP) is 10.2. The minimum Gasteiger partial charge on any atom is -0.618 e. The number of carbonyl (C=O) groups excluding carboxylic acids is 1. The van der Waals surface area contributed by atoms with E-state index in [1.165, 1.54) is 13.8 Å². The zero-order valence-electron chi connectivity index (χ0n) is 39.7. The first-order valence-corrected chi connectivity index (χ1v) is 21.7. The van der Waals surface area contributed by atoms with Crippen LogP contribution in [0, 0.1) is 43.0 Å². The van der Waals surface area contributed by atoms with Crippen molar-refractivity contribution in [2.45, 2.75) is 40.5 Å². The van der Waals surface area contributed by atoms with E-state index >= 15 is 0 Å². The predicted molar refractivity (Wildman–Crippen MR) is 262 cm³/mol. The summed E-state index contributed by atoms with van der Waals surface area (Å²) in [5, 5.41) is 42.8. The topological polar surface area (TPSA) is 235 Å². The van der Waals surface area contributed by atoms with Gasteiger partial charge in [0, 0.05) is 31.6 Å². The van der Waals surface area contributed by atoms with E-state index in [1.807, 2.05) is 104 Å². The highest BCUT2D eigenvalue weighted by molar-refractivity contribution is 6.35. The van der Waals surface area contributed by atoms with Crippen molar-refractivity contribution >= 4 is 45.8 Å². The number of benzene rings is 4. The van der Waals surface area contributed by atoms with Crippen molar-refractivity contribution in [3.05, 3.63) is 170 Å². The smallest absolute Gasteiger partial charge is 0.334 e. The molecule has 9 aromatic rings. The molecular weight excluding hydrogens is 924 g/mol. The highest BCUT2D eigenvalue weighted by Gasteiger charge is 2.21. The van der Waals surface area contributed by atoms with Gasteiger partial charge in [0.25, 0.3) is 5.52 Å². The Balaban J connectivity index is 0.000000168. The van der Waals surface area contributed by atoms with Gasteiger partial charge in [0.05, 0.1) is 49.6 Å². The highest BCUT2D eigenvalue weighted by Crippen LogP contribution is 2.31. The van der Waals surface area contributed by atoms with Crippen LogP contribution in [-0.4, -0.2) is 71.8 Å². The molecule has 0 amide bonds. The number of hydrogen-bond acceptors (Lipinski definition) is 16. The lowest BCUT2D eigenvalue weighted by molar-refractivity contribution is -0.565. The fourth-order valence-electron chi connectivity index (χ4n) is 6.59. The molecule has 5 aromatic heterocycles. The van der Waals surface area contributed by atoms with Crippen molar-refractivity contribution in [1.29, 1.82) is 0 Å². The largest absolute Gasteiger partial charge is 0.618 e. The Labute approximate surface area is 407 Å². The van der Waals surface area contributed by atoms with Gasteiger partial charge in [-0.2, -0.15) is 4.73 Å². The molecule has 0 atom stereocenters. The van der Waals surface area contributed by atoms with E-state index in [9.17, 15) is 20.1 Å². The molecule has 0 spiro atoms. The van der Waals surface area contributed by atoms with E-state index < -0.39 is 4.92 Å². The molecule has 0 unspecified atom stereocenters. The number of methoxy groups -OCH3 is 4. The van der Waals surface area contributed by atoms with Crippen LogP contribution in [0.4, 0.5) is 5.69 Å². The van der Waals surface area contributed by atoms with E-state index in [1.54, 1.807) is 53.6 Å². The minimum absolute atomic E-state index is 0.0278. The second-order valence-corrected chi connectivity index (χ2v) is 15.3. The first-order valence-electron chi connectivity index (χ1n) is 21.3. The second kappa shape index (κ2) is 25.7. The third-order valence-corrected chi connectivity index (χ3v) is 10.4. The molecule has 0 aliphatic rings. The van der Waals surface area contributed by atoms with E-state index in [0.717, 1.165) is 61.9 Å². The molecule has 0 saturated carbocycles. The number of rotatable bonds is 11. The van der Waals surface area contributed by atoms with Gasteiger partial charge in [-0.05, 0) is 105 Å². The van der Waals surface area contributed by atoms with Gasteiger partial charge in [-0.1, -0.05) is 69.5 Å². The van der Waals surface area contributed by atoms with E-state index in [-0.39, 0.29) is 18.1 Å². The van der Waals surface area contributed by atoms with Crippen molar-refractivity contribution in [1.82, 2.24) is 20.5 Å². The number of aliphatic hydroxyl groups is 1. The Bertz CT molecular complexity index is 3130. The van der Waals surface area contributed by atoms with Crippen molar-refractivity contribution in [2.75, 3.05) is 35.0 Å². The van der Waals surface area contributed by atoms with Crippen LogP contribution in [0.25, 0.3) is 44.7 Å². The van der Waals surface area contributed by atoms with E-state index in [0.29, 0.717) is 62.9 Å². The summed E-state index contributed by atoms with van der Waals surface area (Å²) < 4.78 is 36.0. The van der Waals surface area contributed by atoms with Gasteiger partial charge in [0.2, 0.25) is 22.6 Å². The summed E-state index contributed by atoms with van der Waals surface area (Å²) in [7, 11) is 6.47. The lowest BCUT2D eigenvalue weighted by Gasteiger charge is -2.06. The molecule has 5 heterocycles. The SMILES string of the molecule is COc1cccc(-c2cc(Cl)c3onc(C)c3n2)c1.COc1cccc(-c2ccc3onc(C)c3[n+]2[O-])c1.COc1cccc(CC=O)c1.COc1cccc(CCO)c1.Cc1noc(C)c1[N+](=O)[O-]. The summed E-state index contributed by atoms with van der Waals surface area (Å²) in [5.41, 5.74) is 8.86. The zero-order chi connectivity index (χ0) is 50.7. The molecule has 9 rings (SSSR count). The number of nitro groups is 1. The molecule has 0 radical (unpaired) electrons. The third kappa shape index (κ3) is 13.9. The fraction of sp³-hybridized carbons (Fsp3) is 0.216. The number of aromatic nitrogens is 5. The Kier molecular flexibility index (Phi) is 19.3. The number of aryl methyl sites for hydroxylation is 4. The van der Waals surface area contributed by atoms with Crippen LogP contribution in [0.3, 0.4) is 0 Å². The zero-order valence-corrected chi connectivity index (χ0v) is 40.4. The van der Waals surface area contributed by atoms with Crippen LogP contribution in [0.5, 0.6) is 23.0 Å². The maximum absolute atomic E-state index is 12.4. The van der Waals surface area contributed by atoms with Gasteiger partial charge in [-0.15, -0.1) is 0 Å². The van der Waals surface area contributed by atoms with Crippen molar-refractivity contribution < 1.29 is 52.1 Å². The van der Waals surface area contributed by atoms with Crippen molar-refractivity contribution in [3.63, 3.8) is 0 Å². The summed E-state index contributed by atoms with van der Waals surface area (Å²) in [4.78, 5) is 24.4. The third-order valence-electron chi connectivity index (χ3n) is 10.1. The molecule has 19 heteroatoms. The summed E-state index contributed by atoms with van der Waals surface area (Å²) in [6.07, 6.45) is 2.03. The normalized spacial score (nSPS) is 10.3. The highest BCUT2D eigenvalue weighted by atomic mass is 35.5. The molecule has 0 fully saturated rings. The summed E-state index contributed by atoms with van der Waals surface area (Å²) >= 11 is 6.19. The molecule has 4 aromatic carbocycles. The maximum atomic E-state index is 12.4. The summed E-state index contributed by atoms with van der Waals surface area (Å²) in [5.74, 6) is 3.37. The molecule has 18 nitrogen and oxygen atoms in total. The summed E-state index contributed by atoms with van der Waals surface area (Å²) in [6.45, 7) is 6.82. The van der Waals surface area contributed by atoms with Crippen molar-refractivity contribution in [2.24, 2.45) is 0 Å². The molecule has 1 N–H and O–H groups in total. The van der Waals surface area contributed by atoms with Gasteiger partial charge in [-0.3, -0.25) is 10.1 Å². The van der Waals surface area contributed by atoms with Gasteiger partial charge >= 0.3 is 5.69 Å². The van der Waals surface area contributed by atoms with Crippen molar-refractivity contribution in [3.8, 4) is 45.5 Å². The van der Waals surface area contributed by atoms with Crippen LogP contribution in [-0.2, 0) is 17.6 Å². The van der Waals surface area contributed by atoms with Gasteiger partial charge < -0.3 is 47.6 Å². The number of fused-ring (bicyclic) bond motifs is 2. The average Bonchev–Trinajstić information content (AvgIpc) is 4.07. The fourth-order valence-corrected chi connectivity index (χ4v) is 6.82. The van der Waals surface area contributed by atoms with Gasteiger partial charge in [-0.25, -0.2) is 4.98 Å². The van der Waals surface area contributed by atoms with Gasteiger partial charge in [0.15, 0.2) is 11.4 Å². The quantitative estimate of drug-likeness (QED) is 0.0417. The molecule has 364 valence electrons. The molecule has 0 aliphatic heterocycles. The first-order chi connectivity index (χ1) is 33.7. The van der Waals surface area contributed by atoms with Crippen LogP contribution >= 0.6 is 11.6 Å². The second-order valence-electron chi connectivity index (χ2n) is 14.9. The van der Waals surface area contributed by atoms with Crippen LogP contribution in [0.1, 0.15) is 34.0 Å². The number of halogens is 1. The number of carbonyl (C=O) groups is 1. The lowest BCUT2D eigenvalue weighted by atomic mass is 10.1. The van der Waals surface area contributed by atoms with Gasteiger partial charge in [0.1, 0.15) is 40.5 Å². The Morgan fingerprint density at radius 2 is 1.23 bits per heavy atom. The Morgan fingerprint density at radius 3 is 1.79 bits per heavy atom. The van der Waals surface area contributed by atoms with Crippen LogP contribution < -0.4 is 23.7 Å². The molecular formula is C51H51ClN6O12. The molecule has 0 bridgehead atoms. The molecule has 0 aliphatic carbocycles. The average molecular weight is 975 g/mol. The number of ether oxygens (including phenoxy) is 4. The van der Waals surface area contributed by atoms with Crippen LogP contribution in [0.15, 0.2) is 129 Å². The number of hydrogen-bond donors (Lipinski definition) is 1. The monoisotopic (exact) mass is 974 g/mol.